The fourth-order valence-corrected chi connectivity index (χ4v) is 11.0. The molecule has 2 aliphatic heterocycles. The molecule has 2 unspecified atom stereocenters. The van der Waals surface area contributed by atoms with Crippen molar-refractivity contribution in [3.8, 4) is 55.6 Å². The van der Waals surface area contributed by atoms with E-state index in [0.29, 0.717) is 5.84 Å². The number of nitrogens with two attached hydrogens (primary N) is 1. The van der Waals surface area contributed by atoms with Crippen LogP contribution in [0.1, 0.15) is 36.2 Å². The summed E-state index contributed by atoms with van der Waals surface area (Å²) in [5.74, 6) is 1.47. The van der Waals surface area contributed by atoms with Crippen molar-refractivity contribution in [1.29, 1.82) is 0 Å². The Kier molecular flexibility index (Phi) is 11.4. The molecule has 0 spiro atoms. The van der Waals surface area contributed by atoms with Crippen LogP contribution in [0, 0.1) is 0 Å². The molecule has 354 valence electrons. The van der Waals surface area contributed by atoms with Gasteiger partial charge in [0.25, 0.3) is 0 Å². The summed E-state index contributed by atoms with van der Waals surface area (Å²) in [6.45, 7) is 2.24. The van der Waals surface area contributed by atoms with Crippen LogP contribution in [-0.4, -0.2) is 17.8 Å². The molecule has 0 amide bonds. The highest BCUT2D eigenvalue weighted by Crippen LogP contribution is 2.46. The SMILES string of the molecule is CCC1Nc2cc(-c3cccc4ccccc34)ccc2N1c1cccc(-c2cc(N)ccc2-c2ccc(-c3cccc(C4=NC(c5ccc(-c6ccccc6)c6ccccc56)NC(c5ccccc5)=N4)c3)cc2)c1. The van der Waals surface area contributed by atoms with Gasteiger partial charge in [0, 0.05) is 28.1 Å². The maximum absolute atomic E-state index is 6.57. The van der Waals surface area contributed by atoms with Gasteiger partial charge in [-0.15, -0.1) is 0 Å². The van der Waals surface area contributed by atoms with Gasteiger partial charge in [-0.3, -0.25) is 0 Å². The van der Waals surface area contributed by atoms with Crippen molar-refractivity contribution in [2.45, 2.75) is 25.7 Å². The van der Waals surface area contributed by atoms with Crippen LogP contribution in [0.2, 0.25) is 0 Å². The van der Waals surface area contributed by atoms with Crippen molar-refractivity contribution >= 4 is 56.0 Å². The predicted molar refractivity (Wildman–Crippen MR) is 311 cm³/mol. The Morgan fingerprint density at radius 1 is 0.432 bits per heavy atom. The zero-order valence-electron chi connectivity index (χ0n) is 41.0. The van der Waals surface area contributed by atoms with Gasteiger partial charge in [0.1, 0.15) is 18.2 Å². The third-order valence-corrected chi connectivity index (χ3v) is 14.6. The number of rotatable bonds is 10. The fraction of sp³-hybridized carbons (Fsp3) is 0.0588. The normalized spacial score (nSPS) is 15.0. The molecule has 6 heteroatoms. The van der Waals surface area contributed by atoms with Crippen LogP contribution in [0.15, 0.2) is 259 Å². The Hall–Kier alpha value is -9.52. The molecule has 11 aromatic carbocycles. The molecule has 2 aliphatic rings. The minimum absolute atomic E-state index is 0.105. The summed E-state index contributed by atoms with van der Waals surface area (Å²) >= 11 is 0. The van der Waals surface area contributed by atoms with Gasteiger partial charge in [-0.1, -0.05) is 213 Å². The second kappa shape index (κ2) is 18.9. The monoisotopic (exact) mass is 952 g/mol. The summed E-state index contributed by atoms with van der Waals surface area (Å²) < 4.78 is 0. The molecule has 0 fully saturated rings. The second-order valence-electron chi connectivity index (χ2n) is 19.2. The number of hydrogen-bond acceptors (Lipinski definition) is 6. The molecule has 0 radical (unpaired) electrons. The van der Waals surface area contributed by atoms with E-state index in [1.807, 2.05) is 24.3 Å². The molecule has 0 saturated heterocycles. The standard InChI is InChI=1S/C68H52N6/c1-2-65-70-63-42-51(56-29-15-21-46-18-9-10-26-55(46)56)34-39-64(63)74(65)54-25-14-23-50(41-54)62-43-53(69)35-36-58(62)47-32-30-44(31-33-47)49-22-13-24-52(40-49)67-71-66(48-19-7-4-8-20-48)72-68(73-67)61-38-37-57(45-16-5-3-6-17-45)59-27-11-12-28-60(59)61/h3-43,65,68,70H,2,69H2,1H3,(H,71,72,73). The van der Waals surface area contributed by atoms with E-state index in [1.165, 1.54) is 44.1 Å². The largest absolute Gasteiger partial charge is 0.399 e. The molecule has 2 atom stereocenters. The molecule has 0 saturated carbocycles. The Morgan fingerprint density at radius 3 is 1.86 bits per heavy atom. The molecule has 0 aliphatic carbocycles. The smallest absolute Gasteiger partial charge is 0.159 e. The van der Waals surface area contributed by atoms with E-state index < -0.39 is 0 Å². The molecule has 0 bridgehead atoms. The summed E-state index contributed by atoms with van der Waals surface area (Å²) in [5.41, 5.74) is 25.2. The lowest BCUT2D eigenvalue weighted by Crippen LogP contribution is -2.33. The van der Waals surface area contributed by atoms with Gasteiger partial charge in [0.15, 0.2) is 5.84 Å². The number of benzene rings is 11. The molecule has 74 heavy (non-hydrogen) atoms. The molecular weight excluding hydrogens is 901 g/mol. The van der Waals surface area contributed by atoms with E-state index in [2.05, 4.69) is 247 Å². The second-order valence-corrected chi connectivity index (χ2v) is 19.2. The first kappa shape index (κ1) is 44.4. The van der Waals surface area contributed by atoms with Gasteiger partial charge in [-0.2, -0.15) is 0 Å². The van der Waals surface area contributed by atoms with Crippen molar-refractivity contribution in [1.82, 2.24) is 5.32 Å². The topological polar surface area (TPSA) is 78.0 Å². The molecule has 6 nitrogen and oxygen atoms in total. The summed E-state index contributed by atoms with van der Waals surface area (Å²) in [4.78, 5) is 13.0. The number of hydrogen-bond donors (Lipinski definition) is 3. The van der Waals surface area contributed by atoms with E-state index in [9.17, 15) is 0 Å². The highest BCUT2D eigenvalue weighted by molar-refractivity contribution is 6.14. The van der Waals surface area contributed by atoms with Crippen LogP contribution in [-0.2, 0) is 0 Å². The first-order valence-corrected chi connectivity index (χ1v) is 25.5. The van der Waals surface area contributed by atoms with Crippen LogP contribution in [0.3, 0.4) is 0 Å². The van der Waals surface area contributed by atoms with Crippen LogP contribution < -0.4 is 21.3 Å². The van der Waals surface area contributed by atoms with E-state index in [4.69, 9.17) is 15.7 Å². The number of fused-ring (bicyclic) bond motifs is 3. The average Bonchev–Trinajstić information content (AvgIpc) is 3.86. The number of amidine groups is 2. The highest BCUT2D eigenvalue weighted by atomic mass is 15.3. The Bertz CT molecular complexity index is 3970. The zero-order valence-corrected chi connectivity index (χ0v) is 41.0. The molecular formula is C68H52N6. The first-order valence-electron chi connectivity index (χ1n) is 25.5. The fourth-order valence-electron chi connectivity index (χ4n) is 11.0. The predicted octanol–water partition coefficient (Wildman–Crippen LogP) is 16.7. The Balaban J connectivity index is 0.811. The lowest BCUT2D eigenvalue weighted by molar-refractivity contribution is 0.679. The van der Waals surface area contributed by atoms with Gasteiger partial charge in [-0.05, 0) is 126 Å². The number of nitrogen functional groups attached to an aromatic ring is 1. The van der Waals surface area contributed by atoms with Crippen molar-refractivity contribution in [3.63, 3.8) is 0 Å². The number of anilines is 4. The molecule has 2 heterocycles. The summed E-state index contributed by atoms with van der Waals surface area (Å²) in [5, 5.41) is 12.4. The Labute approximate surface area is 431 Å². The number of nitrogens with one attached hydrogen (secondary N) is 2. The Morgan fingerprint density at radius 2 is 1.04 bits per heavy atom. The van der Waals surface area contributed by atoms with Gasteiger partial charge >= 0.3 is 0 Å². The van der Waals surface area contributed by atoms with Crippen LogP contribution in [0.5, 0.6) is 0 Å². The lowest BCUT2D eigenvalue weighted by Gasteiger charge is -2.27. The molecule has 13 rings (SSSR count). The molecule has 4 N–H and O–H groups in total. The minimum atomic E-state index is -0.365. The molecule has 11 aromatic rings. The van der Waals surface area contributed by atoms with Gasteiger partial charge in [0.05, 0.1) is 11.4 Å². The van der Waals surface area contributed by atoms with Crippen molar-refractivity contribution in [2.75, 3.05) is 16.0 Å². The lowest BCUT2D eigenvalue weighted by atomic mass is 9.92. The highest BCUT2D eigenvalue weighted by Gasteiger charge is 2.30. The van der Waals surface area contributed by atoms with Crippen LogP contribution in [0.4, 0.5) is 22.7 Å². The zero-order chi connectivity index (χ0) is 49.5. The van der Waals surface area contributed by atoms with Gasteiger partial charge in [0.2, 0.25) is 0 Å². The van der Waals surface area contributed by atoms with Crippen LogP contribution >= 0.6 is 0 Å². The average molecular weight is 953 g/mol. The van der Waals surface area contributed by atoms with Crippen molar-refractivity contribution in [3.05, 3.63) is 265 Å². The van der Waals surface area contributed by atoms with Crippen molar-refractivity contribution in [2.24, 2.45) is 9.98 Å². The maximum Gasteiger partial charge on any atom is 0.159 e. The molecule has 0 aromatic heterocycles. The van der Waals surface area contributed by atoms with Gasteiger partial charge < -0.3 is 21.3 Å². The maximum atomic E-state index is 6.57. The van der Waals surface area contributed by atoms with Crippen LogP contribution in [0.25, 0.3) is 77.2 Å². The van der Waals surface area contributed by atoms with E-state index in [0.717, 1.165) is 84.8 Å². The third-order valence-electron chi connectivity index (χ3n) is 14.6. The van der Waals surface area contributed by atoms with E-state index >= 15 is 0 Å². The van der Waals surface area contributed by atoms with E-state index in [-0.39, 0.29) is 12.3 Å². The summed E-state index contributed by atoms with van der Waals surface area (Å²) in [6.07, 6.45) is 0.667. The summed E-state index contributed by atoms with van der Waals surface area (Å²) in [6, 6.07) is 88.5. The minimum Gasteiger partial charge on any atom is -0.399 e. The van der Waals surface area contributed by atoms with Gasteiger partial charge in [-0.25, -0.2) is 9.98 Å². The number of nitrogens with zero attached hydrogens (tertiary/aromatic N) is 3. The number of aliphatic imine (C=N–C) groups is 2. The van der Waals surface area contributed by atoms with Crippen molar-refractivity contribution < 1.29 is 0 Å². The van der Waals surface area contributed by atoms with E-state index in [1.54, 1.807) is 0 Å². The summed E-state index contributed by atoms with van der Waals surface area (Å²) in [7, 11) is 0. The third kappa shape index (κ3) is 8.22. The quantitative estimate of drug-likeness (QED) is 0.119. The first-order chi connectivity index (χ1) is 36.5.